The van der Waals surface area contributed by atoms with Crippen molar-refractivity contribution >= 4 is 12.0 Å². The fourth-order valence-electron chi connectivity index (χ4n) is 2.15. The van der Waals surface area contributed by atoms with Gasteiger partial charge < -0.3 is 15.0 Å². The van der Waals surface area contributed by atoms with Gasteiger partial charge in [0.25, 0.3) is 0 Å². The summed E-state index contributed by atoms with van der Waals surface area (Å²) < 4.78 is 4.98. The Morgan fingerprint density at radius 1 is 1.20 bits per heavy atom. The Morgan fingerprint density at radius 2 is 1.75 bits per heavy atom. The number of hydrogen-bond acceptors (Lipinski definition) is 4. The number of rotatable bonds is 3. The zero-order chi connectivity index (χ0) is 15.3. The Labute approximate surface area is 121 Å². The van der Waals surface area contributed by atoms with Gasteiger partial charge in [-0.2, -0.15) is 0 Å². The second-order valence-electron chi connectivity index (χ2n) is 6.14. The second kappa shape index (κ2) is 6.92. The fraction of sp³-hybridized carbons (Fsp3) is 0.857. The van der Waals surface area contributed by atoms with Gasteiger partial charge in [-0.05, 0) is 34.6 Å². The molecule has 6 heteroatoms. The van der Waals surface area contributed by atoms with Crippen molar-refractivity contribution in [1.29, 1.82) is 0 Å². The molecule has 0 bridgehead atoms. The Morgan fingerprint density at radius 3 is 2.20 bits per heavy atom. The van der Waals surface area contributed by atoms with Crippen LogP contribution in [0.5, 0.6) is 0 Å². The van der Waals surface area contributed by atoms with E-state index in [9.17, 15) is 9.59 Å². The number of piperazine rings is 1. The Kier molecular flexibility index (Phi) is 5.80. The van der Waals surface area contributed by atoms with Crippen LogP contribution in [0.3, 0.4) is 0 Å². The molecule has 0 aromatic carbocycles. The zero-order valence-electron chi connectivity index (χ0n) is 13.2. The monoisotopic (exact) mass is 285 g/mol. The minimum absolute atomic E-state index is 0.0297. The molecular formula is C14H27N3O3. The molecule has 1 heterocycles. The highest BCUT2D eigenvalue weighted by Crippen LogP contribution is 2.09. The third-order valence-electron chi connectivity index (χ3n) is 3.27. The maximum absolute atomic E-state index is 12.1. The molecule has 0 spiro atoms. The summed E-state index contributed by atoms with van der Waals surface area (Å²) in [6.45, 7) is 12.6. The van der Waals surface area contributed by atoms with Gasteiger partial charge in [-0.15, -0.1) is 0 Å². The van der Waals surface area contributed by atoms with Crippen molar-refractivity contribution < 1.29 is 14.3 Å². The summed E-state index contributed by atoms with van der Waals surface area (Å²) in [6, 6.07) is -0.182. The van der Waals surface area contributed by atoms with E-state index in [1.165, 1.54) is 0 Å². The van der Waals surface area contributed by atoms with Crippen molar-refractivity contribution in [1.82, 2.24) is 15.1 Å². The fourth-order valence-corrected chi connectivity index (χ4v) is 2.15. The van der Waals surface area contributed by atoms with Crippen molar-refractivity contribution in [3.8, 4) is 0 Å². The van der Waals surface area contributed by atoms with Crippen LogP contribution >= 0.6 is 0 Å². The molecule has 1 atom stereocenters. The van der Waals surface area contributed by atoms with Gasteiger partial charge in [0.2, 0.25) is 5.91 Å². The number of hydrogen-bond donors (Lipinski definition) is 1. The second-order valence-corrected chi connectivity index (χ2v) is 6.14. The van der Waals surface area contributed by atoms with Gasteiger partial charge in [-0.1, -0.05) is 0 Å². The standard InChI is InChI=1S/C14H27N3O3/c1-6-20-13(19)17-9-7-16(8-10-17)11(2)12(18)15-14(3,4)5/h11H,6-10H2,1-5H3,(H,15,18)/t11-/m1/s1. The smallest absolute Gasteiger partial charge is 0.409 e. The molecule has 0 aromatic rings. The minimum atomic E-state index is -0.265. The lowest BCUT2D eigenvalue weighted by Gasteiger charge is -2.37. The van der Waals surface area contributed by atoms with Crippen LogP contribution in [0.25, 0.3) is 0 Å². The van der Waals surface area contributed by atoms with E-state index >= 15 is 0 Å². The lowest BCUT2D eigenvalue weighted by molar-refractivity contribution is -0.127. The number of carbonyl (C=O) groups is 2. The predicted octanol–water partition coefficient (Wildman–Crippen LogP) is 1.06. The highest BCUT2D eigenvalue weighted by molar-refractivity contribution is 5.82. The van der Waals surface area contributed by atoms with E-state index in [0.717, 1.165) is 0 Å². The lowest BCUT2D eigenvalue weighted by atomic mass is 10.1. The first-order valence-electron chi connectivity index (χ1n) is 7.22. The van der Waals surface area contributed by atoms with Crippen molar-refractivity contribution in [2.45, 2.75) is 46.2 Å². The Hall–Kier alpha value is -1.30. The molecule has 1 aliphatic rings. The van der Waals surface area contributed by atoms with Gasteiger partial charge in [-0.25, -0.2) is 4.79 Å². The number of carbonyl (C=O) groups excluding carboxylic acids is 2. The minimum Gasteiger partial charge on any atom is -0.450 e. The van der Waals surface area contributed by atoms with Crippen LogP contribution in [0, 0.1) is 0 Å². The summed E-state index contributed by atoms with van der Waals surface area (Å²) in [7, 11) is 0. The molecule has 1 N–H and O–H groups in total. The summed E-state index contributed by atoms with van der Waals surface area (Å²) in [5.74, 6) is 0.0297. The molecule has 1 aliphatic heterocycles. The van der Waals surface area contributed by atoms with Crippen LogP contribution in [-0.4, -0.2) is 66.2 Å². The average molecular weight is 285 g/mol. The largest absolute Gasteiger partial charge is 0.450 e. The van der Waals surface area contributed by atoms with E-state index in [4.69, 9.17) is 4.74 Å². The van der Waals surface area contributed by atoms with Gasteiger partial charge >= 0.3 is 6.09 Å². The summed E-state index contributed by atoms with van der Waals surface area (Å²) in [5, 5.41) is 2.98. The number of nitrogens with zero attached hydrogens (tertiary/aromatic N) is 2. The topological polar surface area (TPSA) is 61.9 Å². The average Bonchev–Trinajstić information content (AvgIpc) is 2.36. The van der Waals surface area contributed by atoms with Crippen molar-refractivity contribution in [3.63, 3.8) is 0 Å². The molecule has 1 rings (SSSR count). The van der Waals surface area contributed by atoms with Crippen LogP contribution in [0.1, 0.15) is 34.6 Å². The van der Waals surface area contributed by atoms with Gasteiger partial charge in [0, 0.05) is 31.7 Å². The van der Waals surface area contributed by atoms with E-state index in [-0.39, 0.29) is 23.6 Å². The van der Waals surface area contributed by atoms with Crippen molar-refractivity contribution in [2.75, 3.05) is 32.8 Å². The van der Waals surface area contributed by atoms with Gasteiger partial charge in [0.1, 0.15) is 0 Å². The number of amides is 2. The first kappa shape index (κ1) is 16.8. The SMILES string of the molecule is CCOC(=O)N1CCN([C@H](C)C(=O)NC(C)(C)C)CC1. The summed E-state index contributed by atoms with van der Waals surface area (Å²) >= 11 is 0. The number of ether oxygens (including phenoxy) is 1. The van der Waals surface area contributed by atoms with E-state index in [1.54, 1.807) is 11.8 Å². The molecular weight excluding hydrogens is 258 g/mol. The molecule has 1 fully saturated rings. The summed E-state index contributed by atoms with van der Waals surface area (Å²) in [5.41, 5.74) is -0.224. The van der Waals surface area contributed by atoms with E-state index in [0.29, 0.717) is 32.8 Å². The molecule has 0 saturated carbocycles. The molecule has 116 valence electrons. The third kappa shape index (κ3) is 5.00. The van der Waals surface area contributed by atoms with Crippen LogP contribution < -0.4 is 5.32 Å². The summed E-state index contributed by atoms with van der Waals surface area (Å²) in [4.78, 5) is 27.5. The van der Waals surface area contributed by atoms with E-state index in [2.05, 4.69) is 10.2 Å². The first-order chi connectivity index (χ1) is 9.24. The molecule has 6 nitrogen and oxygen atoms in total. The molecule has 0 radical (unpaired) electrons. The zero-order valence-corrected chi connectivity index (χ0v) is 13.2. The molecule has 0 aliphatic carbocycles. The lowest BCUT2D eigenvalue weighted by Crippen LogP contribution is -2.56. The van der Waals surface area contributed by atoms with E-state index < -0.39 is 0 Å². The summed E-state index contributed by atoms with van der Waals surface area (Å²) in [6.07, 6.45) is -0.265. The Balaban J connectivity index is 2.44. The van der Waals surface area contributed by atoms with Gasteiger partial charge in [0.15, 0.2) is 0 Å². The predicted molar refractivity (Wildman–Crippen MR) is 77.5 cm³/mol. The third-order valence-corrected chi connectivity index (χ3v) is 3.27. The molecule has 0 unspecified atom stereocenters. The van der Waals surface area contributed by atoms with Crippen molar-refractivity contribution in [3.05, 3.63) is 0 Å². The molecule has 1 saturated heterocycles. The van der Waals surface area contributed by atoms with E-state index in [1.807, 2.05) is 27.7 Å². The van der Waals surface area contributed by atoms with Gasteiger partial charge in [-0.3, -0.25) is 9.69 Å². The number of nitrogens with one attached hydrogen (secondary N) is 1. The highest BCUT2D eigenvalue weighted by atomic mass is 16.6. The molecule has 0 aromatic heterocycles. The first-order valence-corrected chi connectivity index (χ1v) is 7.22. The highest BCUT2D eigenvalue weighted by Gasteiger charge is 2.29. The normalized spacial score (nSPS) is 18.6. The van der Waals surface area contributed by atoms with Crippen molar-refractivity contribution in [2.24, 2.45) is 0 Å². The van der Waals surface area contributed by atoms with Crippen LogP contribution in [0.2, 0.25) is 0 Å². The molecule has 20 heavy (non-hydrogen) atoms. The van der Waals surface area contributed by atoms with Gasteiger partial charge in [0.05, 0.1) is 12.6 Å². The maximum Gasteiger partial charge on any atom is 0.409 e. The Bertz CT molecular complexity index is 344. The molecule has 2 amide bonds. The van der Waals surface area contributed by atoms with Crippen LogP contribution in [0.15, 0.2) is 0 Å². The quantitative estimate of drug-likeness (QED) is 0.842. The van der Waals surface area contributed by atoms with Crippen LogP contribution in [-0.2, 0) is 9.53 Å². The van der Waals surface area contributed by atoms with Crippen LogP contribution in [0.4, 0.5) is 4.79 Å². The maximum atomic E-state index is 12.1.